The van der Waals surface area contributed by atoms with Gasteiger partial charge in [0.25, 0.3) is 0 Å². The van der Waals surface area contributed by atoms with Gasteiger partial charge in [0, 0.05) is 5.02 Å². The van der Waals surface area contributed by atoms with Gasteiger partial charge in [0.15, 0.2) is 0 Å². The van der Waals surface area contributed by atoms with E-state index in [-0.39, 0.29) is 18.2 Å². The molecule has 3 aromatic rings. The van der Waals surface area contributed by atoms with Crippen LogP contribution in [0.15, 0.2) is 135 Å². The Kier molecular flexibility index (Phi) is 6.45. The van der Waals surface area contributed by atoms with Crippen molar-refractivity contribution in [3.63, 3.8) is 0 Å². The predicted octanol–water partition coefficient (Wildman–Crippen LogP) is 7.22. The van der Waals surface area contributed by atoms with Gasteiger partial charge in [-0.05, 0) is 72.5 Å². The van der Waals surface area contributed by atoms with Crippen LogP contribution in [0.5, 0.6) is 0 Å². The standard InChI is InChI=1S/C33H26ClN3O2/c1-3-39-31(38)28-20-26-21(2)14-19-27-29(26)30(36-28)33(22-10-6-4-7-11-22,23-12-8-5-9-13-23)32(37-27)35-25-17-15-24(34)16-18-25/h4-20,29H,3H2,1-2H3. The normalized spacial score (nSPS) is 20.1. The molecule has 3 aliphatic rings. The first-order chi connectivity index (χ1) is 19.0. The summed E-state index contributed by atoms with van der Waals surface area (Å²) in [7, 11) is 0. The van der Waals surface area contributed by atoms with Crippen LogP contribution in [0.3, 0.4) is 0 Å². The molecule has 2 heterocycles. The highest BCUT2D eigenvalue weighted by atomic mass is 35.5. The van der Waals surface area contributed by atoms with Crippen molar-refractivity contribution in [2.45, 2.75) is 19.3 Å². The van der Waals surface area contributed by atoms with E-state index >= 15 is 0 Å². The van der Waals surface area contributed by atoms with Gasteiger partial charge in [0.1, 0.15) is 16.9 Å². The summed E-state index contributed by atoms with van der Waals surface area (Å²) in [5, 5.41) is 0.632. The Balaban J connectivity index is 1.74. The van der Waals surface area contributed by atoms with Gasteiger partial charge in [-0.3, -0.25) is 0 Å². The number of benzene rings is 3. The van der Waals surface area contributed by atoms with Crippen molar-refractivity contribution in [3.05, 3.63) is 136 Å². The second kappa shape index (κ2) is 10.1. The number of hydrogen-bond acceptors (Lipinski definition) is 4. The van der Waals surface area contributed by atoms with E-state index in [1.165, 1.54) is 0 Å². The highest BCUT2D eigenvalue weighted by molar-refractivity contribution is 6.35. The number of halogens is 1. The minimum atomic E-state index is -0.973. The molecule has 0 amide bonds. The first-order valence-electron chi connectivity index (χ1n) is 12.9. The number of nitrogens with zero attached hydrogens (tertiary/aromatic N) is 3. The zero-order valence-corrected chi connectivity index (χ0v) is 22.4. The zero-order valence-electron chi connectivity index (χ0n) is 21.6. The summed E-state index contributed by atoms with van der Waals surface area (Å²) in [6, 6.07) is 27.7. The van der Waals surface area contributed by atoms with Crippen molar-refractivity contribution in [1.82, 2.24) is 0 Å². The number of aliphatic imine (C=N–C) groups is 3. The summed E-state index contributed by atoms with van der Waals surface area (Å²) in [5.74, 6) is -0.118. The Morgan fingerprint density at radius 1 is 0.923 bits per heavy atom. The Labute approximate surface area is 232 Å². The van der Waals surface area contributed by atoms with Gasteiger partial charge in [-0.2, -0.15) is 0 Å². The van der Waals surface area contributed by atoms with Crippen LogP contribution >= 0.6 is 11.6 Å². The molecule has 0 fully saturated rings. The molecule has 0 saturated carbocycles. The summed E-state index contributed by atoms with van der Waals surface area (Å²) < 4.78 is 5.42. The minimum absolute atomic E-state index is 0.238. The molecule has 0 radical (unpaired) electrons. The van der Waals surface area contributed by atoms with Crippen LogP contribution in [0.2, 0.25) is 5.02 Å². The molecule has 39 heavy (non-hydrogen) atoms. The number of carbonyl (C=O) groups excluding carboxylic acids is 1. The second-order valence-corrected chi connectivity index (χ2v) is 10.0. The summed E-state index contributed by atoms with van der Waals surface area (Å²) in [5.41, 5.74) is 5.61. The van der Waals surface area contributed by atoms with Gasteiger partial charge in [0.05, 0.1) is 29.6 Å². The van der Waals surface area contributed by atoms with Gasteiger partial charge in [-0.25, -0.2) is 19.8 Å². The van der Waals surface area contributed by atoms with E-state index < -0.39 is 11.4 Å². The third-order valence-corrected chi connectivity index (χ3v) is 7.54. The maximum absolute atomic E-state index is 13.1. The highest BCUT2D eigenvalue weighted by Crippen LogP contribution is 2.47. The third-order valence-electron chi connectivity index (χ3n) is 7.29. The van der Waals surface area contributed by atoms with Gasteiger partial charge >= 0.3 is 5.97 Å². The van der Waals surface area contributed by atoms with Gasteiger partial charge < -0.3 is 4.74 Å². The number of ether oxygens (including phenoxy) is 1. The molecule has 0 spiro atoms. The van der Waals surface area contributed by atoms with Crippen molar-refractivity contribution < 1.29 is 9.53 Å². The number of allylic oxidation sites excluding steroid dienone is 5. The van der Waals surface area contributed by atoms with Crippen molar-refractivity contribution in [2.24, 2.45) is 20.9 Å². The van der Waals surface area contributed by atoms with Gasteiger partial charge in [-0.1, -0.05) is 78.3 Å². The first kappa shape index (κ1) is 25.0. The summed E-state index contributed by atoms with van der Waals surface area (Å²) >= 11 is 6.19. The molecule has 3 aromatic carbocycles. The molecule has 192 valence electrons. The fourth-order valence-corrected chi connectivity index (χ4v) is 5.65. The number of rotatable bonds is 5. The molecule has 1 unspecified atom stereocenters. The van der Waals surface area contributed by atoms with E-state index in [0.717, 1.165) is 39.4 Å². The lowest BCUT2D eigenvalue weighted by Crippen LogP contribution is -2.54. The molecule has 5 nitrogen and oxygen atoms in total. The maximum atomic E-state index is 13.1. The fraction of sp³-hybridized carbons (Fsp3) is 0.152. The molecule has 0 N–H and O–H groups in total. The molecule has 6 heteroatoms. The van der Waals surface area contributed by atoms with Crippen molar-refractivity contribution in [1.29, 1.82) is 0 Å². The van der Waals surface area contributed by atoms with Crippen molar-refractivity contribution >= 4 is 40.5 Å². The molecule has 0 bridgehead atoms. The first-order valence-corrected chi connectivity index (χ1v) is 13.3. The summed E-state index contributed by atoms with van der Waals surface area (Å²) in [6.07, 6.45) is 5.91. The minimum Gasteiger partial charge on any atom is -0.461 e. The number of amidine groups is 1. The lowest BCUT2D eigenvalue weighted by Gasteiger charge is -2.45. The van der Waals surface area contributed by atoms with Gasteiger partial charge in [0.2, 0.25) is 0 Å². The second-order valence-electron chi connectivity index (χ2n) is 9.58. The maximum Gasteiger partial charge on any atom is 0.356 e. The van der Waals surface area contributed by atoms with Crippen LogP contribution in [0.25, 0.3) is 0 Å². The summed E-state index contributed by atoms with van der Waals surface area (Å²) in [4.78, 5) is 28.6. The van der Waals surface area contributed by atoms with Crippen LogP contribution < -0.4 is 0 Å². The smallest absolute Gasteiger partial charge is 0.356 e. The quantitative estimate of drug-likeness (QED) is 0.326. The Bertz CT molecular complexity index is 1590. The SMILES string of the molecule is CCOC(=O)C1=CC2=C(C)C=CC3=NC(=Nc4ccc(Cl)cc4)C(c4ccccc4)(c4ccccc4)C(=N1)C32. The van der Waals surface area contributed by atoms with E-state index in [2.05, 4.69) is 31.2 Å². The number of esters is 1. The molecular weight excluding hydrogens is 506 g/mol. The Morgan fingerprint density at radius 3 is 2.18 bits per heavy atom. The van der Waals surface area contributed by atoms with Crippen LogP contribution in [0.1, 0.15) is 25.0 Å². The largest absolute Gasteiger partial charge is 0.461 e. The van der Waals surface area contributed by atoms with E-state index in [1.807, 2.05) is 78.9 Å². The molecule has 6 rings (SSSR count). The Morgan fingerprint density at radius 2 is 1.56 bits per heavy atom. The molecule has 1 aliphatic carbocycles. The average Bonchev–Trinajstić information content (AvgIpc) is 2.97. The van der Waals surface area contributed by atoms with E-state index in [9.17, 15) is 4.79 Å². The van der Waals surface area contributed by atoms with E-state index in [1.54, 1.807) is 6.92 Å². The molecule has 2 aliphatic heterocycles. The molecule has 1 atom stereocenters. The van der Waals surface area contributed by atoms with Crippen molar-refractivity contribution in [2.75, 3.05) is 6.61 Å². The lowest BCUT2D eigenvalue weighted by molar-refractivity contribution is -0.138. The highest BCUT2D eigenvalue weighted by Gasteiger charge is 2.54. The zero-order chi connectivity index (χ0) is 27.0. The van der Waals surface area contributed by atoms with Crippen LogP contribution in [-0.2, 0) is 14.9 Å². The Hall–Kier alpha value is -4.35. The van der Waals surface area contributed by atoms with Crippen LogP contribution in [0.4, 0.5) is 5.69 Å². The molecule has 0 saturated heterocycles. The lowest BCUT2D eigenvalue weighted by atomic mass is 9.61. The van der Waals surface area contributed by atoms with Crippen molar-refractivity contribution in [3.8, 4) is 0 Å². The molecular formula is C33H26ClN3O2. The topological polar surface area (TPSA) is 63.4 Å². The monoisotopic (exact) mass is 531 g/mol. The number of carbonyl (C=O) groups is 1. The average molecular weight is 532 g/mol. The molecule has 0 aromatic heterocycles. The fourth-order valence-electron chi connectivity index (χ4n) is 5.52. The predicted molar refractivity (Wildman–Crippen MR) is 157 cm³/mol. The van der Waals surface area contributed by atoms with E-state index in [0.29, 0.717) is 10.9 Å². The van der Waals surface area contributed by atoms with Gasteiger partial charge in [-0.15, -0.1) is 0 Å². The van der Waals surface area contributed by atoms with Crippen LogP contribution in [0, 0.1) is 5.92 Å². The summed E-state index contributed by atoms with van der Waals surface area (Å²) in [6.45, 7) is 4.11. The van der Waals surface area contributed by atoms with E-state index in [4.69, 9.17) is 31.3 Å². The third kappa shape index (κ3) is 4.19. The van der Waals surface area contributed by atoms with Crippen LogP contribution in [-0.4, -0.2) is 29.8 Å². The number of hydrogen-bond donors (Lipinski definition) is 0.